The summed E-state index contributed by atoms with van der Waals surface area (Å²) >= 11 is 0. The van der Waals surface area contributed by atoms with Crippen LogP contribution < -0.4 is 26.0 Å². The molecule has 1 aromatic carbocycles. The lowest BCUT2D eigenvalue weighted by Gasteiger charge is -2.01. The number of fused-ring (bicyclic) bond motifs is 1. The first-order valence-corrected chi connectivity index (χ1v) is 13.6. The molecule has 2 aromatic heterocycles. The Morgan fingerprint density at radius 1 is 0.886 bits per heavy atom. The van der Waals surface area contributed by atoms with Crippen LogP contribution in [0, 0.1) is 0 Å². The third kappa shape index (κ3) is 6.56. The smallest absolute Gasteiger partial charge is 0.144 e. The summed E-state index contributed by atoms with van der Waals surface area (Å²) in [7, 11) is 1.72. The molecule has 0 bridgehead atoms. The second kappa shape index (κ2) is 12.6. The fraction of sp³-hybridized carbons (Fsp3) is 0.452. The molecular weight excluding hydrogens is 430 g/mol. The maximum Gasteiger partial charge on any atom is 0.144 e. The average Bonchev–Trinajstić information content (AvgIpc) is 3.61. The number of para-hydroxylation sites is 1. The van der Waals surface area contributed by atoms with Crippen molar-refractivity contribution in [1.29, 1.82) is 0 Å². The van der Waals surface area contributed by atoms with Gasteiger partial charge in [0.25, 0.3) is 0 Å². The Morgan fingerprint density at radius 3 is 2.40 bits per heavy atom. The zero-order valence-electron chi connectivity index (χ0n) is 21.8. The maximum atomic E-state index is 5.67. The normalized spacial score (nSPS) is 14.7. The molecule has 2 N–H and O–H groups in total. The Kier molecular flexibility index (Phi) is 9.05. The van der Waals surface area contributed by atoms with E-state index in [0.717, 1.165) is 46.0 Å². The molecular formula is C31H41N3O. The zero-order valence-corrected chi connectivity index (χ0v) is 21.8. The molecule has 0 saturated carbocycles. The molecule has 35 heavy (non-hydrogen) atoms. The van der Waals surface area contributed by atoms with Crippen LogP contribution in [0.2, 0.25) is 0 Å². The Hall–Kier alpha value is -3.01. The topological polar surface area (TPSA) is 53.2 Å². The lowest BCUT2D eigenvalue weighted by molar-refractivity contribution is 0.412. The summed E-state index contributed by atoms with van der Waals surface area (Å²) in [5, 5.41) is 4.22. The molecule has 186 valence electrons. The summed E-state index contributed by atoms with van der Waals surface area (Å²) < 4.78 is 5.67. The van der Waals surface area contributed by atoms with E-state index in [9.17, 15) is 0 Å². The maximum absolute atomic E-state index is 5.67. The van der Waals surface area contributed by atoms with E-state index in [4.69, 9.17) is 9.73 Å². The number of rotatable bonds is 13. The number of aryl methyl sites for hydroxylation is 2. The van der Waals surface area contributed by atoms with Gasteiger partial charge in [0.05, 0.1) is 28.9 Å². The van der Waals surface area contributed by atoms with Crippen molar-refractivity contribution in [3.63, 3.8) is 0 Å². The van der Waals surface area contributed by atoms with Crippen molar-refractivity contribution in [3.05, 3.63) is 74.6 Å². The third-order valence-corrected chi connectivity index (χ3v) is 6.98. The van der Waals surface area contributed by atoms with Gasteiger partial charge >= 0.3 is 0 Å². The minimum absolute atomic E-state index is 0.831. The number of nitrogens with zero attached hydrogens (tertiary/aromatic N) is 1. The molecule has 0 radical (unpaired) electrons. The predicted octanol–water partition coefficient (Wildman–Crippen LogP) is 5.04. The fourth-order valence-electron chi connectivity index (χ4n) is 4.92. The number of unbranched alkanes of at least 4 members (excludes halogenated alkanes) is 8. The highest BCUT2D eigenvalue weighted by Gasteiger charge is 2.08. The molecule has 0 fully saturated rings. The summed E-state index contributed by atoms with van der Waals surface area (Å²) in [6.45, 7) is 4.45. The van der Waals surface area contributed by atoms with Gasteiger partial charge in [-0.3, -0.25) is 0 Å². The number of aromatic nitrogens is 2. The summed E-state index contributed by atoms with van der Waals surface area (Å²) in [5.74, 6) is 0.831. The van der Waals surface area contributed by atoms with Crippen molar-refractivity contribution < 1.29 is 4.74 Å². The van der Waals surface area contributed by atoms with Gasteiger partial charge in [0.15, 0.2) is 0 Å². The number of benzene rings is 1. The van der Waals surface area contributed by atoms with Gasteiger partial charge < -0.3 is 14.7 Å². The molecule has 0 spiro atoms. The average molecular weight is 472 g/mol. The van der Waals surface area contributed by atoms with Crippen LogP contribution in [0.5, 0.6) is 5.75 Å². The van der Waals surface area contributed by atoms with Crippen molar-refractivity contribution >= 4 is 17.8 Å². The second-order valence-electron chi connectivity index (χ2n) is 9.68. The highest BCUT2D eigenvalue weighted by Crippen LogP contribution is 2.13. The molecule has 0 unspecified atom stereocenters. The summed E-state index contributed by atoms with van der Waals surface area (Å²) in [6, 6.07) is 12.8. The van der Waals surface area contributed by atoms with Gasteiger partial charge in [-0.2, -0.15) is 0 Å². The fourth-order valence-corrected chi connectivity index (χ4v) is 4.92. The number of hydrogen-bond donors (Lipinski definition) is 2. The number of methoxy groups -OCH3 is 1. The lowest BCUT2D eigenvalue weighted by atomic mass is 10.1. The lowest BCUT2D eigenvalue weighted by Crippen LogP contribution is -2.24. The minimum atomic E-state index is 0.831. The van der Waals surface area contributed by atoms with Crippen LogP contribution in [0.25, 0.3) is 17.8 Å². The molecule has 4 nitrogen and oxygen atoms in total. The Labute approximate surface area is 209 Å². The number of aromatic amines is 2. The Balaban J connectivity index is 1.41. The molecule has 1 aliphatic rings. The van der Waals surface area contributed by atoms with E-state index in [0.29, 0.717) is 0 Å². The van der Waals surface area contributed by atoms with Crippen LogP contribution in [0.15, 0.2) is 41.4 Å². The summed E-state index contributed by atoms with van der Waals surface area (Å²) in [6.07, 6.45) is 18.6. The highest BCUT2D eigenvalue weighted by molar-refractivity contribution is 5.77. The van der Waals surface area contributed by atoms with Gasteiger partial charge in [-0.15, -0.1) is 0 Å². The Bertz CT molecular complexity index is 1340. The van der Waals surface area contributed by atoms with Crippen LogP contribution in [0.4, 0.5) is 0 Å². The largest absolute Gasteiger partial charge is 0.494 e. The van der Waals surface area contributed by atoms with Gasteiger partial charge in [-0.25, -0.2) is 4.99 Å². The first-order chi connectivity index (χ1) is 17.2. The van der Waals surface area contributed by atoms with Crippen LogP contribution >= 0.6 is 0 Å². The van der Waals surface area contributed by atoms with Crippen molar-refractivity contribution in [2.24, 2.45) is 4.99 Å². The van der Waals surface area contributed by atoms with E-state index in [1.54, 1.807) is 7.11 Å². The van der Waals surface area contributed by atoms with Gasteiger partial charge in [0.2, 0.25) is 0 Å². The zero-order chi connectivity index (χ0) is 24.5. The highest BCUT2D eigenvalue weighted by atomic mass is 16.5. The monoisotopic (exact) mass is 471 g/mol. The molecule has 1 aliphatic heterocycles. The molecule has 0 saturated heterocycles. The molecule has 0 atom stereocenters. The summed E-state index contributed by atoms with van der Waals surface area (Å²) in [4.78, 5) is 12.0. The first-order valence-electron chi connectivity index (χ1n) is 13.6. The summed E-state index contributed by atoms with van der Waals surface area (Å²) in [5.41, 5.74) is 4.64. The van der Waals surface area contributed by atoms with Gasteiger partial charge in [0.1, 0.15) is 5.75 Å². The van der Waals surface area contributed by atoms with Crippen molar-refractivity contribution in [1.82, 2.24) is 9.97 Å². The second-order valence-corrected chi connectivity index (χ2v) is 9.68. The van der Waals surface area contributed by atoms with E-state index in [1.165, 1.54) is 74.3 Å². The number of hydrogen-bond acceptors (Lipinski definition) is 2. The molecule has 4 rings (SSSR count). The van der Waals surface area contributed by atoms with Gasteiger partial charge in [-0.1, -0.05) is 83.4 Å². The first kappa shape index (κ1) is 25.1. The molecule has 3 aromatic rings. The van der Waals surface area contributed by atoms with Crippen molar-refractivity contribution in [2.45, 2.75) is 84.5 Å². The van der Waals surface area contributed by atoms with Crippen LogP contribution in [-0.2, 0) is 12.8 Å². The minimum Gasteiger partial charge on any atom is -0.494 e. The van der Waals surface area contributed by atoms with E-state index in [2.05, 4.69) is 66.3 Å². The van der Waals surface area contributed by atoms with Gasteiger partial charge in [0, 0.05) is 22.7 Å². The van der Waals surface area contributed by atoms with Crippen molar-refractivity contribution in [2.75, 3.05) is 7.11 Å². The number of nitrogens with one attached hydrogen (secondary N) is 2. The standard InChI is InChI=1S/C31H41N3O/c1-4-6-7-8-9-10-11-12-13-17-25-18-19-26(32-25)21-29-30(35-3)22-28(33-29)27-20-24-16-14-15-23(5-2)31(24)34-27/h14-16,18-22,32-33H,4-13,17H2,1-3H3. The Morgan fingerprint density at radius 2 is 1.66 bits per heavy atom. The quantitative estimate of drug-likeness (QED) is 0.337. The third-order valence-electron chi connectivity index (χ3n) is 6.98. The van der Waals surface area contributed by atoms with Gasteiger partial charge in [-0.05, 0) is 49.1 Å². The molecule has 0 aliphatic carbocycles. The van der Waals surface area contributed by atoms with E-state index in [1.807, 2.05) is 6.07 Å². The van der Waals surface area contributed by atoms with Crippen LogP contribution in [0.1, 0.15) is 88.6 Å². The van der Waals surface area contributed by atoms with E-state index >= 15 is 0 Å². The van der Waals surface area contributed by atoms with Crippen LogP contribution in [-0.4, -0.2) is 17.1 Å². The van der Waals surface area contributed by atoms with E-state index < -0.39 is 0 Å². The molecule has 3 heterocycles. The van der Waals surface area contributed by atoms with Crippen molar-refractivity contribution in [3.8, 4) is 5.75 Å². The molecule has 4 heteroatoms. The predicted molar refractivity (Wildman–Crippen MR) is 146 cm³/mol. The number of H-pyrrole nitrogens is 2. The molecule has 0 amide bonds. The number of ether oxygens (including phenoxy) is 1. The SMILES string of the molecule is CCCCCCCCCCCc1ccc(C=c2[nH]c(=C3C=c4cccc(CC)c4=N3)cc2OC)[nH]1. The van der Waals surface area contributed by atoms with Crippen LogP contribution in [0.3, 0.4) is 0 Å². The van der Waals surface area contributed by atoms with E-state index in [-0.39, 0.29) is 0 Å².